The van der Waals surface area contributed by atoms with E-state index in [4.69, 9.17) is 0 Å². The predicted octanol–water partition coefficient (Wildman–Crippen LogP) is 5.25. The van der Waals surface area contributed by atoms with Crippen LogP contribution < -0.4 is 0 Å². The normalized spacial score (nSPS) is 22.4. The summed E-state index contributed by atoms with van der Waals surface area (Å²) in [7, 11) is 0. The molecular weight excluding hydrogens is 406 g/mol. The third-order valence-corrected chi connectivity index (χ3v) is 7.14. The number of carbonyl (C=O) groups is 1. The Labute approximate surface area is 190 Å². The minimum atomic E-state index is -0.984. The second kappa shape index (κ2) is 8.86. The van der Waals surface area contributed by atoms with Crippen molar-refractivity contribution in [2.24, 2.45) is 17.8 Å². The van der Waals surface area contributed by atoms with Gasteiger partial charge in [-0.2, -0.15) is 0 Å². The summed E-state index contributed by atoms with van der Waals surface area (Å²) in [6, 6.07) is 30.2. The first-order valence-corrected chi connectivity index (χ1v) is 10.8. The molecule has 160 valence electrons. The molecule has 0 radical (unpaired) electrons. The zero-order chi connectivity index (χ0) is 20.6. The lowest BCUT2D eigenvalue weighted by Gasteiger charge is -2.32. The molecule has 31 heavy (non-hydrogen) atoms. The summed E-state index contributed by atoms with van der Waals surface area (Å²) in [5.41, 5.74) is 2.13. The van der Waals surface area contributed by atoms with E-state index in [1.54, 1.807) is 0 Å². The summed E-state index contributed by atoms with van der Waals surface area (Å²) >= 11 is 0. The summed E-state index contributed by atoms with van der Waals surface area (Å²) in [6.45, 7) is 3.13. The first-order valence-electron chi connectivity index (χ1n) is 10.8. The van der Waals surface area contributed by atoms with Gasteiger partial charge in [0.1, 0.15) is 5.41 Å². The van der Waals surface area contributed by atoms with Crippen molar-refractivity contribution in [1.29, 1.82) is 0 Å². The molecule has 2 unspecified atom stereocenters. The summed E-state index contributed by atoms with van der Waals surface area (Å²) in [5, 5.41) is 10.5. The molecule has 2 fully saturated rings. The van der Waals surface area contributed by atoms with Crippen LogP contribution in [0, 0.1) is 17.8 Å². The molecule has 0 amide bonds. The van der Waals surface area contributed by atoms with Crippen LogP contribution in [0.3, 0.4) is 0 Å². The number of piperidine rings is 1. The molecule has 2 atom stereocenters. The summed E-state index contributed by atoms with van der Waals surface area (Å²) < 4.78 is 0. The third kappa shape index (κ3) is 4.00. The maximum Gasteiger partial charge on any atom is 0.318 e. The molecular formula is C27H28ClNO2. The Morgan fingerprint density at radius 1 is 0.806 bits per heavy atom. The second-order valence-corrected chi connectivity index (χ2v) is 8.82. The van der Waals surface area contributed by atoms with E-state index >= 15 is 0 Å². The van der Waals surface area contributed by atoms with Crippen LogP contribution in [0.5, 0.6) is 0 Å². The lowest BCUT2D eigenvalue weighted by atomic mass is 9.70. The molecule has 2 aliphatic rings. The fraction of sp³-hybridized carbons (Fsp3) is 0.296. The standard InChI is InChI=1S/C27H27NO2.ClH/c29-26(30)27(21-12-6-2-7-13-21,22-14-8-3-9-15-22)16-23-24-18-28(19-25(23)24)17-20-10-4-1-5-11-20;/h1-15,23-25H,16-19H2,(H,29,30);1H. The molecule has 4 heteroatoms. The van der Waals surface area contributed by atoms with Crippen LogP contribution >= 0.6 is 12.4 Å². The first kappa shape index (κ1) is 21.6. The number of rotatable bonds is 7. The monoisotopic (exact) mass is 433 g/mol. The van der Waals surface area contributed by atoms with Crippen LogP contribution in [-0.2, 0) is 16.8 Å². The molecule has 0 aromatic heterocycles. The summed E-state index contributed by atoms with van der Waals surface area (Å²) in [5.74, 6) is 0.944. The van der Waals surface area contributed by atoms with Gasteiger partial charge in [0.25, 0.3) is 0 Å². The van der Waals surface area contributed by atoms with Crippen LogP contribution in [0.4, 0.5) is 0 Å². The number of nitrogens with zero attached hydrogens (tertiary/aromatic N) is 1. The summed E-state index contributed by atoms with van der Waals surface area (Å²) in [4.78, 5) is 15.3. The van der Waals surface area contributed by atoms with Gasteiger partial charge >= 0.3 is 5.97 Å². The zero-order valence-corrected chi connectivity index (χ0v) is 18.2. The number of carboxylic acid groups (broad SMARTS) is 1. The Balaban J connectivity index is 0.00000231. The zero-order valence-electron chi connectivity index (χ0n) is 17.4. The minimum absolute atomic E-state index is 0. The van der Waals surface area contributed by atoms with Crippen LogP contribution in [0.1, 0.15) is 23.1 Å². The van der Waals surface area contributed by atoms with Crippen molar-refractivity contribution in [1.82, 2.24) is 4.90 Å². The number of aliphatic carboxylic acids is 1. The molecule has 1 N–H and O–H groups in total. The smallest absolute Gasteiger partial charge is 0.318 e. The topological polar surface area (TPSA) is 40.5 Å². The largest absolute Gasteiger partial charge is 0.480 e. The maximum absolute atomic E-state index is 12.8. The first-order chi connectivity index (χ1) is 14.7. The molecule has 3 aromatic rings. The Morgan fingerprint density at radius 2 is 1.26 bits per heavy atom. The van der Waals surface area contributed by atoms with Gasteiger partial charge in [-0.1, -0.05) is 91.0 Å². The number of hydrogen-bond donors (Lipinski definition) is 1. The Morgan fingerprint density at radius 3 is 1.71 bits per heavy atom. The summed E-state index contributed by atoms with van der Waals surface area (Å²) in [6.07, 6.45) is 0.671. The maximum atomic E-state index is 12.8. The Hall–Kier alpha value is -2.62. The van der Waals surface area contributed by atoms with Gasteiger partial charge < -0.3 is 5.11 Å². The van der Waals surface area contributed by atoms with Gasteiger partial charge in [0.2, 0.25) is 0 Å². The van der Waals surface area contributed by atoms with Gasteiger partial charge in [-0.05, 0) is 40.9 Å². The number of fused-ring (bicyclic) bond motifs is 1. The molecule has 1 heterocycles. The second-order valence-electron chi connectivity index (χ2n) is 8.82. The molecule has 3 nitrogen and oxygen atoms in total. The molecule has 0 bridgehead atoms. The van der Waals surface area contributed by atoms with Crippen molar-refractivity contribution in [3.63, 3.8) is 0 Å². The molecule has 1 saturated carbocycles. The van der Waals surface area contributed by atoms with E-state index in [0.717, 1.165) is 30.8 Å². The number of halogens is 1. The van der Waals surface area contributed by atoms with Crippen LogP contribution in [-0.4, -0.2) is 29.1 Å². The van der Waals surface area contributed by atoms with Crippen molar-refractivity contribution < 1.29 is 9.90 Å². The number of benzene rings is 3. The van der Waals surface area contributed by atoms with Crippen molar-refractivity contribution in [2.45, 2.75) is 18.4 Å². The highest BCUT2D eigenvalue weighted by atomic mass is 35.5. The molecule has 3 aromatic carbocycles. The minimum Gasteiger partial charge on any atom is -0.480 e. The van der Waals surface area contributed by atoms with E-state index in [9.17, 15) is 9.90 Å². The number of hydrogen-bond acceptors (Lipinski definition) is 2. The van der Waals surface area contributed by atoms with E-state index in [1.807, 2.05) is 60.7 Å². The molecule has 1 saturated heterocycles. The van der Waals surface area contributed by atoms with E-state index < -0.39 is 11.4 Å². The van der Waals surface area contributed by atoms with Gasteiger partial charge in [-0.25, -0.2) is 0 Å². The fourth-order valence-electron chi connectivity index (χ4n) is 5.55. The van der Waals surface area contributed by atoms with Crippen LogP contribution in [0.2, 0.25) is 0 Å². The SMILES string of the molecule is Cl.O=C(O)C(CC1C2CN(Cc3ccccc3)CC21)(c1ccccc1)c1ccccc1. The van der Waals surface area contributed by atoms with Gasteiger partial charge in [0.05, 0.1) is 0 Å². The van der Waals surface area contributed by atoms with Crippen molar-refractivity contribution in [2.75, 3.05) is 13.1 Å². The quantitative estimate of drug-likeness (QED) is 0.553. The molecule has 1 aliphatic carbocycles. The highest BCUT2D eigenvalue weighted by molar-refractivity contribution is 5.86. The van der Waals surface area contributed by atoms with Gasteiger partial charge in [0.15, 0.2) is 0 Å². The van der Waals surface area contributed by atoms with E-state index in [0.29, 0.717) is 24.2 Å². The fourth-order valence-corrected chi connectivity index (χ4v) is 5.55. The number of carboxylic acids is 1. The lowest BCUT2D eigenvalue weighted by Crippen LogP contribution is -2.39. The van der Waals surface area contributed by atoms with Crippen LogP contribution in [0.15, 0.2) is 91.0 Å². The highest BCUT2D eigenvalue weighted by Gasteiger charge is 2.59. The molecule has 0 spiro atoms. The van der Waals surface area contributed by atoms with Gasteiger partial charge in [0, 0.05) is 19.6 Å². The van der Waals surface area contributed by atoms with Crippen LogP contribution in [0.25, 0.3) is 0 Å². The molecule has 5 rings (SSSR count). The average Bonchev–Trinajstić information content (AvgIpc) is 3.22. The van der Waals surface area contributed by atoms with Gasteiger partial charge in [-0.3, -0.25) is 9.69 Å². The Kier molecular flexibility index (Phi) is 6.17. The van der Waals surface area contributed by atoms with Crippen molar-refractivity contribution in [3.8, 4) is 0 Å². The van der Waals surface area contributed by atoms with Crippen molar-refractivity contribution in [3.05, 3.63) is 108 Å². The molecule has 1 aliphatic heterocycles. The predicted molar refractivity (Wildman–Crippen MR) is 125 cm³/mol. The average molecular weight is 434 g/mol. The Bertz CT molecular complexity index is 958. The van der Waals surface area contributed by atoms with Crippen molar-refractivity contribution >= 4 is 18.4 Å². The lowest BCUT2D eigenvalue weighted by molar-refractivity contribution is -0.142. The van der Waals surface area contributed by atoms with E-state index in [-0.39, 0.29) is 12.4 Å². The highest BCUT2D eigenvalue weighted by Crippen LogP contribution is 2.58. The third-order valence-electron chi connectivity index (χ3n) is 7.14. The van der Waals surface area contributed by atoms with Gasteiger partial charge in [-0.15, -0.1) is 12.4 Å². The van der Waals surface area contributed by atoms with E-state index in [1.165, 1.54) is 5.56 Å². The number of likely N-dealkylation sites (tertiary alicyclic amines) is 1. The van der Waals surface area contributed by atoms with E-state index in [2.05, 4.69) is 35.2 Å².